The Morgan fingerprint density at radius 2 is 1.74 bits per heavy atom. The lowest BCUT2D eigenvalue weighted by molar-refractivity contribution is 0.0741. The van der Waals surface area contributed by atoms with E-state index in [9.17, 15) is 18.8 Å². The predicted octanol–water partition coefficient (Wildman–Crippen LogP) is 2.23. The molecule has 2 aromatic carbocycles. The molecule has 0 bridgehead atoms. The number of benzene rings is 2. The Morgan fingerprint density at radius 3 is 2.50 bits per heavy atom. The molecular formula is C25H22FN5O3. The smallest absolute Gasteiger partial charge is 0.329 e. The van der Waals surface area contributed by atoms with Crippen LogP contribution in [0.2, 0.25) is 0 Å². The topological polar surface area (TPSA) is 91.3 Å². The molecule has 0 atom stereocenters. The zero-order valence-corrected chi connectivity index (χ0v) is 18.3. The van der Waals surface area contributed by atoms with Crippen LogP contribution in [0.4, 0.5) is 10.2 Å². The number of rotatable bonds is 4. The van der Waals surface area contributed by atoms with Crippen LogP contribution in [0.1, 0.15) is 15.9 Å². The fourth-order valence-corrected chi connectivity index (χ4v) is 4.27. The Bertz CT molecular complexity index is 1470. The molecule has 9 heteroatoms. The number of para-hydroxylation sites is 1. The van der Waals surface area contributed by atoms with Gasteiger partial charge in [-0.3, -0.25) is 19.1 Å². The van der Waals surface area contributed by atoms with Gasteiger partial charge in [-0.2, -0.15) is 0 Å². The first-order chi connectivity index (χ1) is 16.5. The summed E-state index contributed by atoms with van der Waals surface area (Å²) < 4.78 is 16.1. The van der Waals surface area contributed by atoms with E-state index in [0.717, 1.165) is 5.82 Å². The second kappa shape index (κ2) is 8.93. The van der Waals surface area contributed by atoms with Gasteiger partial charge in [0.1, 0.15) is 11.6 Å². The van der Waals surface area contributed by atoms with Crippen molar-refractivity contribution < 1.29 is 9.18 Å². The predicted molar refractivity (Wildman–Crippen MR) is 127 cm³/mol. The molecule has 4 aromatic rings. The van der Waals surface area contributed by atoms with E-state index >= 15 is 0 Å². The van der Waals surface area contributed by atoms with Crippen molar-refractivity contribution in [1.29, 1.82) is 0 Å². The summed E-state index contributed by atoms with van der Waals surface area (Å²) in [4.78, 5) is 48.1. The van der Waals surface area contributed by atoms with Gasteiger partial charge in [0, 0.05) is 32.4 Å². The number of aromatic nitrogens is 3. The molecule has 1 amide bonds. The molecule has 0 radical (unpaired) electrons. The van der Waals surface area contributed by atoms with Crippen molar-refractivity contribution in [3.05, 3.63) is 105 Å². The third-order valence-corrected chi connectivity index (χ3v) is 6.05. The Kier molecular flexibility index (Phi) is 5.67. The van der Waals surface area contributed by atoms with E-state index in [0.29, 0.717) is 42.6 Å². The van der Waals surface area contributed by atoms with E-state index in [-0.39, 0.29) is 12.1 Å². The first-order valence-corrected chi connectivity index (χ1v) is 11.0. The molecule has 1 aliphatic rings. The van der Waals surface area contributed by atoms with Crippen LogP contribution in [0.3, 0.4) is 0 Å². The quantitative estimate of drug-likeness (QED) is 0.506. The maximum atomic E-state index is 14.7. The van der Waals surface area contributed by atoms with Gasteiger partial charge in [-0.25, -0.2) is 14.2 Å². The molecule has 0 spiro atoms. The minimum atomic E-state index is -0.612. The largest absolute Gasteiger partial charge is 0.353 e. The van der Waals surface area contributed by atoms with E-state index in [1.165, 1.54) is 22.8 Å². The Hall–Kier alpha value is -4.27. The zero-order valence-electron chi connectivity index (χ0n) is 18.3. The second-order valence-electron chi connectivity index (χ2n) is 8.14. The molecule has 34 heavy (non-hydrogen) atoms. The molecule has 172 valence electrons. The van der Waals surface area contributed by atoms with Gasteiger partial charge in [-0.1, -0.05) is 24.3 Å². The maximum Gasteiger partial charge on any atom is 0.329 e. The molecule has 0 aliphatic carbocycles. The van der Waals surface area contributed by atoms with Crippen LogP contribution in [0.15, 0.2) is 76.4 Å². The van der Waals surface area contributed by atoms with Gasteiger partial charge in [0.2, 0.25) is 0 Å². The van der Waals surface area contributed by atoms with Gasteiger partial charge in [0.15, 0.2) is 0 Å². The van der Waals surface area contributed by atoms with Crippen LogP contribution in [-0.2, 0) is 6.54 Å². The van der Waals surface area contributed by atoms with Crippen molar-refractivity contribution in [2.75, 3.05) is 31.1 Å². The molecular weight excluding hydrogens is 437 g/mol. The molecule has 5 rings (SSSR count). The van der Waals surface area contributed by atoms with Gasteiger partial charge in [0.05, 0.1) is 23.0 Å². The van der Waals surface area contributed by atoms with E-state index in [2.05, 4.69) is 14.9 Å². The Balaban J connectivity index is 1.38. The number of H-pyrrole nitrogens is 1. The van der Waals surface area contributed by atoms with E-state index in [1.807, 2.05) is 18.2 Å². The van der Waals surface area contributed by atoms with Crippen LogP contribution in [0, 0.1) is 5.82 Å². The fourth-order valence-electron chi connectivity index (χ4n) is 4.27. The average Bonchev–Trinajstić information content (AvgIpc) is 2.88. The first-order valence-electron chi connectivity index (χ1n) is 11.0. The van der Waals surface area contributed by atoms with E-state index in [4.69, 9.17) is 0 Å². The van der Waals surface area contributed by atoms with Gasteiger partial charge < -0.3 is 9.80 Å². The van der Waals surface area contributed by atoms with E-state index in [1.54, 1.807) is 35.4 Å². The first kappa shape index (κ1) is 21.6. The van der Waals surface area contributed by atoms with Crippen molar-refractivity contribution in [2.45, 2.75) is 6.54 Å². The van der Waals surface area contributed by atoms with Crippen LogP contribution < -0.4 is 16.1 Å². The summed E-state index contributed by atoms with van der Waals surface area (Å²) in [5.74, 6) is -0.153. The number of carbonyl (C=O) groups excluding carboxylic acids is 1. The van der Waals surface area contributed by atoms with Crippen molar-refractivity contribution in [3.63, 3.8) is 0 Å². The zero-order chi connectivity index (χ0) is 23.7. The molecule has 2 aromatic heterocycles. The molecule has 1 N–H and O–H groups in total. The molecule has 1 saturated heterocycles. The summed E-state index contributed by atoms with van der Waals surface area (Å²) in [5.41, 5.74) is -0.0101. The third-order valence-electron chi connectivity index (χ3n) is 6.05. The summed E-state index contributed by atoms with van der Waals surface area (Å²) in [6.07, 6.45) is 1.73. The number of nitrogens with one attached hydrogen (secondary N) is 1. The monoisotopic (exact) mass is 459 g/mol. The summed E-state index contributed by atoms with van der Waals surface area (Å²) in [6.45, 7) is 2.18. The van der Waals surface area contributed by atoms with Gasteiger partial charge >= 0.3 is 5.69 Å². The van der Waals surface area contributed by atoms with Crippen molar-refractivity contribution in [3.8, 4) is 0 Å². The lowest BCUT2D eigenvalue weighted by Crippen LogP contribution is -2.49. The number of amides is 1. The highest BCUT2D eigenvalue weighted by Gasteiger charge is 2.25. The standard InChI is InChI=1S/C25H22FN5O3/c26-20-9-8-17(16-31-21-6-2-1-5-18(21)23(32)28-25(31)34)15-19(20)24(33)30-13-11-29(12-14-30)22-7-3-4-10-27-22/h1-10,15H,11-14,16H2,(H,28,32,34). The minimum absolute atomic E-state index is 0.0365. The third kappa shape index (κ3) is 4.07. The number of hydrogen-bond acceptors (Lipinski definition) is 5. The van der Waals surface area contributed by atoms with Crippen molar-refractivity contribution in [2.24, 2.45) is 0 Å². The summed E-state index contributed by atoms with van der Waals surface area (Å²) in [6, 6.07) is 16.7. The summed E-state index contributed by atoms with van der Waals surface area (Å²) in [5, 5.41) is 0.381. The van der Waals surface area contributed by atoms with Crippen LogP contribution >= 0.6 is 0 Å². The Labute approximate surface area is 193 Å². The Morgan fingerprint density at radius 1 is 0.971 bits per heavy atom. The lowest BCUT2D eigenvalue weighted by atomic mass is 10.1. The highest BCUT2D eigenvalue weighted by molar-refractivity contribution is 5.95. The maximum absolute atomic E-state index is 14.7. The van der Waals surface area contributed by atoms with Crippen LogP contribution in [0.25, 0.3) is 10.9 Å². The van der Waals surface area contributed by atoms with Crippen molar-refractivity contribution >= 4 is 22.6 Å². The molecule has 3 heterocycles. The van der Waals surface area contributed by atoms with E-state index < -0.39 is 23.0 Å². The normalized spacial score (nSPS) is 13.9. The van der Waals surface area contributed by atoms with Gasteiger partial charge in [0.25, 0.3) is 11.5 Å². The molecule has 1 aliphatic heterocycles. The average molecular weight is 459 g/mol. The van der Waals surface area contributed by atoms with Crippen LogP contribution in [0.5, 0.6) is 0 Å². The number of carbonyl (C=O) groups is 1. The number of pyridine rings is 1. The number of fused-ring (bicyclic) bond motifs is 1. The fraction of sp³-hybridized carbons (Fsp3) is 0.200. The SMILES string of the molecule is O=C(c1cc(Cn2c(=O)[nH]c(=O)c3ccccc32)ccc1F)N1CCN(c2ccccn2)CC1. The molecule has 1 fully saturated rings. The number of piperazine rings is 1. The summed E-state index contributed by atoms with van der Waals surface area (Å²) >= 11 is 0. The highest BCUT2D eigenvalue weighted by atomic mass is 19.1. The number of aromatic amines is 1. The molecule has 0 unspecified atom stereocenters. The number of anilines is 1. The van der Waals surface area contributed by atoms with Gasteiger partial charge in [-0.15, -0.1) is 0 Å². The second-order valence-corrected chi connectivity index (χ2v) is 8.14. The van der Waals surface area contributed by atoms with Gasteiger partial charge in [-0.05, 0) is 42.0 Å². The molecule has 0 saturated carbocycles. The minimum Gasteiger partial charge on any atom is -0.353 e. The number of nitrogens with zero attached hydrogens (tertiary/aromatic N) is 4. The highest BCUT2D eigenvalue weighted by Crippen LogP contribution is 2.18. The number of hydrogen-bond donors (Lipinski definition) is 1. The number of halogens is 1. The summed E-state index contributed by atoms with van der Waals surface area (Å²) in [7, 11) is 0. The molecule has 8 nitrogen and oxygen atoms in total. The van der Waals surface area contributed by atoms with Crippen LogP contribution in [-0.4, -0.2) is 51.5 Å². The van der Waals surface area contributed by atoms with Crippen molar-refractivity contribution in [1.82, 2.24) is 19.4 Å². The lowest BCUT2D eigenvalue weighted by Gasteiger charge is -2.35.